The summed E-state index contributed by atoms with van der Waals surface area (Å²) >= 11 is 0. The Bertz CT molecular complexity index is 801. The largest absolute Gasteiger partial charge is 0.481 e. The molecule has 0 atom stereocenters. The number of carbonyl (C=O) groups is 1. The smallest absolute Gasteiger partial charge is 0.416 e. The molecule has 0 saturated heterocycles. The minimum atomic E-state index is -4.41. The first-order chi connectivity index (χ1) is 12.1. The summed E-state index contributed by atoms with van der Waals surface area (Å²) in [7, 11) is 0.670. The second-order valence-electron chi connectivity index (χ2n) is 6.63. The van der Waals surface area contributed by atoms with Gasteiger partial charge < -0.3 is 9.84 Å². The van der Waals surface area contributed by atoms with Crippen molar-refractivity contribution in [2.24, 2.45) is 0 Å². The molecule has 0 amide bonds. The third kappa shape index (κ3) is 4.39. The Balaban J connectivity index is 2.38. The lowest BCUT2D eigenvalue weighted by Crippen LogP contribution is -2.28. The highest BCUT2D eigenvalue weighted by Gasteiger charge is 2.31. The van der Waals surface area contributed by atoms with Crippen molar-refractivity contribution in [3.63, 3.8) is 0 Å². The number of hydrogen-bond acceptors (Lipinski definition) is 2. The quantitative estimate of drug-likeness (QED) is 0.746. The van der Waals surface area contributed by atoms with Crippen LogP contribution in [-0.4, -0.2) is 18.4 Å². The Hall–Kier alpha value is -2.44. The van der Waals surface area contributed by atoms with E-state index in [9.17, 15) is 23.1 Å². The van der Waals surface area contributed by atoms with Gasteiger partial charge in [0.25, 0.3) is 0 Å². The Morgan fingerprint density at radius 1 is 1.12 bits per heavy atom. The molecule has 3 nitrogen and oxygen atoms in total. The molecule has 1 N–H and O–H groups in total. The number of rotatable bonds is 6. The van der Waals surface area contributed by atoms with Gasteiger partial charge in [0.2, 0.25) is 0 Å². The van der Waals surface area contributed by atoms with E-state index in [-0.39, 0.29) is 0 Å². The van der Waals surface area contributed by atoms with E-state index in [0.717, 1.165) is 12.1 Å². The summed E-state index contributed by atoms with van der Waals surface area (Å²) in [6, 6.07) is 9.99. The first-order valence-corrected chi connectivity index (χ1v) is 8.27. The van der Waals surface area contributed by atoms with Crippen LogP contribution in [0.15, 0.2) is 42.5 Å². The van der Waals surface area contributed by atoms with Crippen LogP contribution in [0.3, 0.4) is 0 Å². The molecule has 7 heteroatoms. The van der Waals surface area contributed by atoms with Crippen LogP contribution >= 0.6 is 0 Å². The van der Waals surface area contributed by atoms with Crippen LogP contribution in [0.25, 0.3) is 0 Å². The number of halogens is 3. The average molecular weight is 364 g/mol. The van der Waals surface area contributed by atoms with Crippen LogP contribution in [-0.2, 0) is 22.7 Å². The van der Waals surface area contributed by atoms with Gasteiger partial charge >= 0.3 is 12.1 Å². The van der Waals surface area contributed by atoms with Gasteiger partial charge in [-0.05, 0) is 61.6 Å². The molecule has 0 aliphatic carbocycles. The van der Waals surface area contributed by atoms with Crippen molar-refractivity contribution in [2.75, 3.05) is 0 Å². The lowest BCUT2D eigenvalue weighted by molar-refractivity contribution is -0.142. The van der Waals surface area contributed by atoms with Crippen LogP contribution in [0.2, 0.25) is 6.82 Å². The van der Waals surface area contributed by atoms with Gasteiger partial charge in [0.1, 0.15) is 18.8 Å². The number of alkyl halides is 3. The molecule has 0 aromatic heterocycles. The van der Waals surface area contributed by atoms with Crippen molar-refractivity contribution >= 4 is 13.2 Å². The minimum Gasteiger partial charge on any atom is -0.481 e. The van der Waals surface area contributed by atoms with Crippen molar-refractivity contribution in [3.8, 4) is 11.5 Å². The fraction of sp³-hybridized carbons (Fsp3) is 0.316. The number of benzene rings is 2. The highest BCUT2D eigenvalue weighted by molar-refractivity contribution is 6.33. The van der Waals surface area contributed by atoms with Crippen molar-refractivity contribution in [3.05, 3.63) is 59.2 Å². The molecule has 0 fully saturated rings. The first-order valence-electron chi connectivity index (χ1n) is 8.27. The lowest BCUT2D eigenvalue weighted by Gasteiger charge is -2.21. The van der Waals surface area contributed by atoms with Crippen LogP contribution in [0.1, 0.15) is 30.5 Å². The summed E-state index contributed by atoms with van der Waals surface area (Å²) in [5.41, 5.74) is -0.808. The zero-order valence-corrected chi connectivity index (χ0v) is 14.9. The van der Waals surface area contributed by atoms with E-state index in [1.165, 1.54) is 6.07 Å². The standard InChI is InChI=1S/C19H20BF3O3/c1-18(2,17(24)25)13-5-4-6-15(10-13)26-16-8-7-14(19(21,22)23)9-12(16)11-20-3/h4-10,20H,11H2,1-3H3,(H,24,25). The number of hydrogen-bond donors (Lipinski definition) is 1. The zero-order valence-electron chi connectivity index (χ0n) is 14.9. The molecule has 0 radical (unpaired) electrons. The van der Waals surface area contributed by atoms with Crippen LogP contribution in [0.5, 0.6) is 11.5 Å². The summed E-state index contributed by atoms with van der Waals surface area (Å²) in [5.74, 6) is -0.255. The molecule has 2 aromatic carbocycles. The van der Waals surface area contributed by atoms with Crippen molar-refractivity contribution in [1.82, 2.24) is 0 Å². The molecule has 0 saturated carbocycles. The van der Waals surface area contributed by atoms with Gasteiger partial charge in [0, 0.05) is 0 Å². The van der Waals surface area contributed by atoms with E-state index in [1.807, 2.05) is 6.82 Å². The van der Waals surface area contributed by atoms with E-state index < -0.39 is 23.1 Å². The monoisotopic (exact) mass is 364 g/mol. The molecular weight excluding hydrogens is 344 g/mol. The normalized spacial score (nSPS) is 11.9. The summed E-state index contributed by atoms with van der Waals surface area (Å²) in [5, 5.41) is 9.35. The SMILES string of the molecule is CBCc1cc(C(F)(F)F)ccc1Oc1cccc(C(C)(C)C(=O)O)c1. The Labute approximate surface area is 151 Å². The van der Waals surface area contributed by atoms with Crippen LogP contribution in [0.4, 0.5) is 13.2 Å². The van der Waals surface area contributed by atoms with Crippen LogP contribution < -0.4 is 4.74 Å². The highest BCUT2D eigenvalue weighted by atomic mass is 19.4. The fourth-order valence-corrected chi connectivity index (χ4v) is 2.52. The molecule has 0 heterocycles. The molecular formula is C19H20BF3O3. The number of carboxylic acids is 1. The summed E-state index contributed by atoms with van der Waals surface area (Å²) in [4.78, 5) is 11.4. The van der Waals surface area contributed by atoms with E-state index in [0.29, 0.717) is 36.2 Å². The highest BCUT2D eigenvalue weighted by Crippen LogP contribution is 2.35. The molecule has 0 aliphatic heterocycles. The topological polar surface area (TPSA) is 46.5 Å². The zero-order chi connectivity index (χ0) is 19.5. The fourth-order valence-electron chi connectivity index (χ4n) is 2.52. The van der Waals surface area contributed by atoms with E-state index >= 15 is 0 Å². The number of carboxylic acid groups (broad SMARTS) is 1. The summed E-state index contributed by atoms with van der Waals surface area (Å²) < 4.78 is 44.6. The van der Waals surface area contributed by atoms with Gasteiger partial charge in [0.15, 0.2) is 0 Å². The first kappa shape index (κ1) is 19.9. The Morgan fingerprint density at radius 3 is 2.38 bits per heavy atom. The third-order valence-corrected chi connectivity index (χ3v) is 4.23. The van der Waals surface area contributed by atoms with Gasteiger partial charge in [-0.15, -0.1) is 0 Å². The third-order valence-electron chi connectivity index (χ3n) is 4.23. The van der Waals surface area contributed by atoms with Crippen molar-refractivity contribution < 1.29 is 27.8 Å². The van der Waals surface area contributed by atoms with Crippen molar-refractivity contribution in [2.45, 2.75) is 38.6 Å². The summed E-state index contributed by atoms with van der Waals surface area (Å²) in [6.45, 7) is 5.03. The van der Waals surface area contributed by atoms with E-state index in [2.05, 4.69) is 0 Å². The molecule has 2 rings (SSSR count). The molecule has 138 valence electrons. The molecule has 26 heavy (non-hydrogen) atoms. The van der Waals surface area contributed by atoms with Gasteiger partial charge in [-0.25, -0.2) is 0 Å². The van der Waals surface area contributed by atoms with Crippen molar-refractivity contribution in [1.29, 1.82) is 0 Å². The van der Waals surface area contributed by atoms with E-state index in [1.54, 1.807) is 38.1 Å². The predicted molar refractivity (Wildman–Crippen MR) is 95.3 cm³/mol. The second kappa shape index (κ2) is 7.44. The van der Waals surface area contributed by atoms with Gasteiger partial charge in [0.05, 0.1) is 11.0 Å². The maximum absolute atomic E-state index is 12.9. The Kier molecular flexibility index (Phi) is 5.69. The van der Waals surface area contributed by atoms with E-state index in [4.69, 9.17) is 4.74 Å². The summed E-state index contributed by atoms with van der Waals surface area (Å²) in [6.07, 6.45) is -3.97. The molecule has 2 aromatic rings. The average Bonchev–Trinajstić information content (AvgIpc) is 2.56. The maximum Gasteiger partial charge on any atom is 0.416 e. The Morgan fingerprint density at radius 2 is 1.81 bits per heavy atom. The van der Waals surface area contributed by atoms with Gasteiger partial charge in [-0.2, -0.15) is 13.2 Å². The minimum absolute atomic E-state index is 0.338. The number of ether oxygens (including phenoxy) is 1. The molecule has 0 spiro atoms. The lowest BCUT2D eigenvalue weighted by atomic mass is 9.74. The van der Waals surface area contributed by atoms with Gasteiger partial charge in [-0.3, -0.25) is 4.79 Å². The van der Waals surface area contributed by atoms with Gasteiger partial charge in [-0.1, -0.05) is 19.0 Å². The second-order valence-corrected chi connectivity index (χ2v) is 6.63. The molecule has 0 aliphatic rings. The molecule has 0 bridgehead atoms. The molecule has 0 unspecified atom stereocenters. The maximum atomic E-state index is 12.9. The number of aliphatic carboxylic acids is 1. The van der Waals surface area contributed by atoms with Crippen LogP contribution in [0, 0.1) is 0 Å². The predicted octanol–water partition coefficient (Wildman–Crippen LogP) is 4.84.